The Hall–Kier alpha value is -0.610. The molecule has 10 heavy (non-hydrogen) atoms. The summed E-state index contributed by atoms with van der Waals surface area (Å²) < 4.78 is 0. The van der Waals surface area contributed by atoms with Crippen molar-refractivity contribution in [1.29, 1.82) is 0 Å². The van der Waals surface area contributed by atoms with Crippen molar-refractivity contribution in [2.75, 3.05) is 0 Å². The quantitative estimate of drug-likeness (QED) is 0.451. The second-order valence-corrected chi connectivity index (χ2v) is 2.65. The summed E-state index contributed by atoms with van der Waals surface area (Å²) >= 11 is 0. The summed E-state index contributed by atoms with van der Waals surface area (Å²) in [5.74, 6) is -0.886. The first kappa shape index (κ1) is 7.50. The highest BCUT2D eigenvalue weighted by molar-refractivity contribution is 5.74. The largest absolute Gasteiger partial charge is 0.480 e. The lowest BCUT2D eigenvalue weighted by Crippen LogP contribution is -2.34. The predicted octanol–water partition coefficient (Wildman–Crippen LogP) is -0.818. The van der Waals surface area contributed by atoms with Gasteiger partial charge in [-0.15, -0.1) is 0 Å². The summed E-state index contributed by atoms with van der Waals surface area (Å²) in [5, 5.41) is 20.3. The van der Waals surface area contributed by atoms with Crippen LogP contribution >= 0.6 is 0 Å². The van der Waals surface area contributed by atoms with Gasteiger partial charge in [-0.2, -0.15) is 0 Å². The van der Waals surface area contributed by atoms with Gasteiger partial charge < -0.3 is 10.2 Å². The molecule has 3 atom stereocenters. The molecule has 4 heteroatoms. The smallest absolute Gasteiger partial charge is 0.320 e. The number of carbonyl (C=O) groups is 1. The Morgan fingerprint density at radius 3 is 2.50 bits per heavy atom. The number of carboxylic acid groups (broad SMARTS) is 1. The summed E-state index contributed by atoms with van der Waals surface area (Å²) in [7, 11) is 0. The summed E-state index contributed by atoms with van der Waals surface area (Å²) in [6.45, 7) is 1.77. The van der Waals surface area contributed by atoms with Crippen molar-refractivity contribution >= 4 is 5.97 Å². The average Bonchev–Trinajstić information content (AvgIpc) is 2.13. The minimum atomic E-state index is -0.886. The predicted molar refractivity (Wildman–Crippen MR) is 34.6 cm³/mol. The topological polar surface area (TPSA) is 69.6 Å². The maximum Gasteiger partial charge on any atom is 0.320 e. The van der Waals surface area contributed by atoms with E-state index in [9.17, 15) is 4.79 Å². The zero-order valence-corrected chi connectivity index (χ0v) is 5.74. The molecule has 1 aliphatic heterocycles. The van der Waals surface area contributed by atoms with Gasteiger partial charge in [0.2, 0.25) is 0 Å². The van der Waals surface area contributed by atoms with E-state index in [1.54, 1.807) is 6.92 Å². The highest BCUT2D eigenvalue weighted by Gasteiger charge is 2.33. The van der Waals surface area contributed by atoms with E-state index in [0.717, 1.165) is 0 Å². The Labute approximate surface area is 58.9 Å². The van der Waals surface area contributed by atoms with Crippen molar-refractivity contribution in [2.24, 2.45) is 0 Å². The van der Waals surface area contributed by atoms with Gasteiger partial charge in [0.1, 0.15) is 6.04 Å². The third-order valence-electron chi connectivity index (χ3n) is 1.82. The van der Waals surface area contributed by atoms with E-state index in [2.05, 4.69) is 5.32 Å². The zero-order chi connectivity index (χ0) is 7.72. The monoisotopic (exact) mass is 145 g/mol. The number of hydrogen-bond acceptors (Lipinski definition) is 3. The van der Waals surface area contributed by atoms with Crippen LogP contribution in [0.15, 0.2) is 0 Å². The molecule has 0 unspecified atom stereocenters. The Bertz CT molecular complexity index is 138. The van der Waals surface area contributed by atoms with Gasteiger partial charge in [0.05, 0.1) is 6.10 Å². The van der Waals surface area contributed by atoms with Crippen molar-refractivity contribution in [3.8, 4) is 0 Å². The van der Waals surface area contributed by atoms with E-state index < -0.39 is 18.1 Å². The molecule has 58 valence electrons. The molecule has 0 aromatic carbocycles. The molecule has 0 aliphatic carbocycles. The van der Waals surface area contributed by atoms with Crippen LogP contribution < -0.4 is 5.32 Å². The summed E-state index contributed by atoms with van der Waals surface area (Å²) in [4.78, 5) is 10.3. The SMILES string of the molecule is C[C@@H]1N[C@H](C(=O)O)C[C@@H]1O. The molecule has 1 fully saturated rings. The molecule has 1 aliphatic rings. The van der Waals surface area contributed by atoms with Gasteiger partial charge in [-0.1, -0.05) is 0 Å². The van der Waals surface area contributed by atoms with E-state index in [4.69, 9.17) is 10.2 Å². The first-order chi connectivity index (χ1) is 4.61. The summed E-state index contributed by atoms with van der Waals surface area (Å²) in [6.07, 6.45) is -0.197. The van der Waals surface area contributed by atoms with E-state index >= 15 is 0 Å². The molecule has 0 aromatic rings. The second-order valence-electron chi connectivity index (χ2n) is 2.65. The minimum absolute atomic E-state index is 0.0962. The lowest BCUT2D eigenvalue weighted by atomic mass is 10.1. The molecule has 0 bridgehead atoms. The number of nitrogens with one attached hydrogen (secondary N) is 1. The standard InChI is InChI=1S/C6H11NO3/c1-3-5(8)2-4(7-3)6(9)10/h3-5,7-8H,2H2,1H3,(H,9,10)/t3-,4-,5-/m0/s1. The van der Waals surface area contributed by atoms with Gasteiger partial charge in [0.25, 0.3) is 0 Å². The van der Waals surface area contributed by atoms with Gasteiger partial charge in [0, 0.05) is 12.5 Å². The van der Waals surface area contributed by atoms with E-state index in [0.29, 0.717) is 6.42 Å². The number of rotatable bonds is 1. The van der Waals surface area contributed by atoms with Crippen LogP contribution in [0, 0.1) is 0 Å². The Balaban J connectivity index is 2.49. The lowest BCUT2D eigenvalue weighted by Gasteiger charge is -2.05. The zero-order valence-electron chi connectivity index (χ0n) is 5.74. The summed E-state index contributed by atoms with van der Waals surface area (Å²) in [6, 6.07) is -0.661. The van der Waals surface area contributed by atoms with Gasteiger partial charge in [0.15, 0.2) is 0 Å². The highest BCUT2D eigenvalue weighted by Crippen LogP contribution is 2.12. The van der Waals surface area contributed by atoms with Crippen molar-refractivity contribution in [1.82, 2.24) is 5.32 Å². The Morgan fingerprint density at radius 1 is 1.70 bits per heavy atom. The van der Waals surface area contributed by atoms with E-state index in [1.165, 1.54) is 0 Å². The normalized spacial score (nSPS) is 40.0. The van der Waals surface area contributed by atoms with Crippen LogP contribution in [0.1, 0.15) is 13.3 Å². The van der Waals surface area contributed by atoms with Crippen molar-refractivity contribution < 1.29 is 15.0 Å². The van der Waals surface area contributed by atoms with Gasteiger partial charge in [-0.3, -0.25) is 10.1 Å². The highest BCUT2D eigenvalue weighted by atomic mass is 16.4. The fourth-order valence-electron chi connectivity index (χ4n) is 1.11. The van der Waals surface area contributed by atoms with E-state index in [1.807, 2.05) is 0 Å². The molecule has 1 rings (SSSR count). The molecular formula is C6H11NO3. The molecule has 4 nitrogen and oxygen atoms in total. The number of hydrogen-bond donors (Lipinski definition) is 3. The van der Waals surface area contributed by atoms with Crippen LogP contribution in [0.3, 0.4) is 0 Å². The number of carboxylic acids is 1. The molecule has 1 heterocycles. The molecule has 0 amide bonds. The van der Waals surface area contributed by atoms with Crippen LogP contribution in [0.2, 0.25) is 0 Å². The van der Waals surface area contributed by atoms with Gasteiger partial charge in [-0.05, 0) is 6.92 Å². The fraction of sp³-hybridized carbons (Fsp3) is 0.833. The first-order valence-electron chi connectivity index (χ1n) is 3.28. The Morgan fingerprint density at radius 2 is 2.30 bits per heavy atom. The Kier molecular flexibility index (Phi) is 1.92. The summed E-state index contributed by atoms with van der Waals surface area (Å²) in [5.41, 5.74) is 0. The lowest BCUT2D eigenvalue weighted by molar-refractivity contribution is -0.139. The van der Waals surface area contributed by atoms with Crippen LogP contribution in [0.25, 0.3) is 0 Å². The number of aliphatic hydroxyl groups excluding tert-OH is 1. The molecule has 0 spiro atoms. The number of aliphatic carboxylic acids is 1. The van der Waals surface area contributed by atoms with Crippen LogP contribution in [0.5, 0.6) is 0 Å². The molecular weight excluding hydrogens is 134 g/mol. The van der Waals surface area contributed by atoms with Crippen LogP contribution in [-0.2, 0) is 4.79 Å². The minimum Gasteiger partial charge on any atom is -0.480 e. The molecule has 0 saturated carbocycles. The molecule has 1 saturated heterocycles. The van der Waals surface area contributed by atoms with Crippen LogP contribution in [-0.4, -0.2) is 34.4 Å². The van der Waals surface area contributed by atoms with Crippen LogP contribution in [0.4, 0.5) is 0 Å². The second kappa shape index (κ2) is 2.56. The average molecular weight is 145 g/mol. The van der Waals surface area contributed by atoms with Crippen molar-refractivity contribution in [2.45, 2.75) is 31.5 Å². The molecule has 0 radical (unpaired) electrons. The third kappa shape index (κ3) is 1.27. The van der Waals surface area contributed by atoms with E-state index in [-0.39, 0.29) is 6.04 Å². The number of aliphatic hydroxyl groups is 1. The maximum atomic E-state index is 10.3. The molecule has 3 N–H and O–H groups in total. The fourth-order valence-corrected chi connectivity index (χ4v) is 1.11. The van der Waals surface area contributed by atoms with Gasteiger partial charge in [-0.25, -0.2) is 0 Å². The third-order valence-corrected chi connectivity index (χ3v) is 1.82. The van der Waals surface area contributed by atoms with Crippen molar-refractivity contribution in [3.05, 3.63) is 0 Å². The maximum absolute atomic E-state index is 10.3. The van der Waals surface area contributed by atoms with Gasteiger partial charge >= 0.3 is 5.97 Å². The van der Waals surface area contributed by atoms with Crippen molar-refractivity contribution in [3.63, 3.8) is 0 Å². The molecule has 0 aromatic heterocycles. The first-order valence-corrected chi connectivity index (χ1v) is 3.28.